The Hall–Kier alpha value is -0.790. The van der Waals surface area contributed by atoms with E-state index in [-0.39, 0.29) is 40.3 Å². The van der Waals surface area contributed by atoms with Gasteiger partial charge < -0.3 is 25.5 Å². The first-order valence-electron chi connectivity index (χ1n) is 12.9. The van der Waals surface area contributed by atoms with Crippen LogP contribution in [0.1, 0.15) is 86.0 Å². The second-order valence-corrected chi connectivity index (χ2v) is 13.1. The number of rotatable bonds is 5. The molecule has 0 bridgehead atoms. The molecule has 0 saturated heterocycles. The maximum absolute atomic E-state index is 13.2. The van der Waals surface area contributed by atoms with Crippen molar-refractivity contribution in [2.24, 2.45) is 34.5 Å². The summed E-state index contributed by atoms with van der Waals surface area (Å²) in [5.41, 5.74) is -1.58. The van der Waals surface area contributed by atoms with Crippen LogP contribution in [0.2, 0.25) is 0 Å². The summed E-state index contributed by atoms with van der Waals surface area (Å²) in [6, 6.07) is 0. The topological polar surface area (TPSA) is 118 Å². The smallest absolute Gasteiger partial charge is 0.159 e. The zero-order valence-electron chi connectivity index (χ0n) is 20.9. The van der Waals surface area contributed by atoms with Gasteiger partial charge in [0.05, 0.1) is 29.5 Å². The monoisotopic (exact) mass is 464 g/mol. The van der Waals surface area contributed by atoms with Gasteiger partial charge in [0.15, 0.2) is 5.78 Å². The molecule has 0 aromatic heterocycles. The average Bonchev–Trinajstić information content (AvgIpc) is 3.06. The first-order valence-corrected chi connectivity index (χ1v) is 12.9. The van der Waals surface area contributed by atoms with Crippen LogP contribution < -0.4 is 0 Å². The average molecular weight is 465 g/mol. The van der Waals surface area contributed by atoms with E-state index < -0.39 is 29.5 Å². The van der Waals surface area contributed by atoms with Crippen LogP contribution in [0.5, 0.6) is 0 Å². The number of carbonyl (C=O) groups is 1. The summed E-state index contributed by atoms with van der Waals surface area (Å²) in [6.45, 7) is 9.49. The van der Waals surface area contributed by atoms with Gasteiger partial charge in [-0.3, -0.25) is 4.79 Å². The highest BCUT2D eigenvalue weighted by Gasteiger charge is 2.63. The highest BCUT2D eigenvalue weighted by Crippen LogP contribution is 2.67. The van der Waals surface area contributed by atoms with E-state index in [1.807, 2.05) is 6.08 Å². The fraction of sp³-hybridized carbons (Fsp3) is 0.889. The Morgan fingerprint density at radius 3 is 2.27 bits per heavy atom. The summed E-state index contributed by atoms with van der Waals surface area (Å²) >= 11 is 0. The first-order chi connectivity index (χ1) is 15.1. The Morgan fingerprint density at radius 1 is 1.00 bits per heavy atom. The van der Waals surface area contributed by atoms with Crippen LogP contribution in [0.4, 0.5) is 0 Å². The highest BCUT2D eigenvalue weighted by atomic mass is 16.3. The molecule has 0 aromatic carbocycles. The second-order valence-electron chi connectivity index (χ2n) is 13.1. The normalized spacial score (nSPS) is 46.0. The number of ketones is 1. The van der Waals surface area contributed by atoms with Crippen molar-refractivity contribution in [1.29, 1.82) is 0 Å². The van der Waals surface area contributed by atoms with E-state index >= 15 is 0 Å². The van der Waals surface area contributed by atoms with Crippen molar-refractivity contribution < 1.29 is 30.3 Å². The van der Waals surface area contributed by atoms with Crippen LogP contribution in [0.3, 0.4) is 0 Å². The van der Waals surface area contributed by atoms with Crippen molar-refractivity contribution in [3.05, 3.63) is 11.6 Å². The molecule has 5 N–H and O–H groups in total. The van der Waals surface area contributed by atoms with E-state index in [0.717, 1.165) is 25.7 Å². The van der Waals surface area contributed by atoms with E-state index in [4.69, 9.17) is 0 Å². The van der Waals surface area contributed by atoms with Crippen molar-refractivity contribution in [1.82, 2.24) is 0 Å². The molecule has 3 saturated carbocycles. The van der Waals surface area contributed by atoms with Crippen molar-refractivity contribution in [2.75, 3.05) is 0 Å². The molecule has 4 rings (SSSR count). The van der Waals surface area contributed by atoms with E-state index in [0.29, 0.717) is 25.7 Å². The highest BCUT2D eigenvalue weighted by molar-refractivity contribution is 5.94. The Balaban J connectivity index is 1.61. The fourth-order valence-corrected chi connectivity index (χ4v) is 8.37. The molecule has 4 aliphatic rings. The molecule has 33 heavy (non-hydrogen) atoms. The van der Waals surface area contributed by atoms with Crippen LogP contribution in [-0.4, -0.2) is 60.8 Å². The van der Waals surface area contributed by atoms with Crippen molar-refractivity contribution in [3.8, 4) is 0 Å². The van der Waals surface area contributed by atoms with Gasteiger partial charge in [-0.2, -0.15) is 0 Å². The molecule has 6 nitrogen and oxygen atoms in total. The van der Waals surface area contributed by atoms with E-state index in [1.165, 1.54) is 5.57 Å². The summed E-state index contributed by atoms with van der Waals surface area (Å²) in [5.74, 6) is 0.0783. The quantitative estimate of drug-likeness (QED) is 0.427. The van der Waals surface area contributed by atoms with Gasteiger partial charge in [0.25, 0.3) is 0 Å². The summed E-state index contributed by atoms with van der Waals surface area (Å²) in [4.78, 5) is 13.2. The third kappa shape index (κ3) is 4.04. The molecule has 4 aliphatic carbocycles. The number of allylic oxidation sites excluding steroid dienone is 2. The molecular formula is C27H44O6. The predicted molar refractivity (Wildman–Crippen MR) is 125 cm³/mol. The van der Waals surface area contributed by atoms with Crippen LogP contribution in [0.15, 0.2) is 11.6 Å². The van der Waals surface area contributed by atoms with Crippen LogP contribution in [-0.2, 0) is 4.79 Å². The minimum Gasteiger partial charge on any atom is -0.390 e. The molecular weight excluding hydrogens is 420 g/mol. The molecule has 188 valence electrons. The van der Waals surface area contributed by atoms with E-state index in [2.05, 4.69) is 13.8 Å². The van der Waals surface area contributed by atoms with Gasteiger partial charge in [-0.15, -0.1) is 0 Å². The minimum absolute atomic E-state index is 0.0689. The lowest BCUT2D eigenvalue weighted by Gasteiger charge is -2.58. The fourth-order valence-electron chi connectivity index (χ4n) is 8.37. The number of fused-ring (bicyclic) bond motifs is 5. The molecule has 0 aliphatic heterocycles. The standard InChI is InChI=1S/C27H44O6/c1-24(2,32)10-9-23(31)27(5,33)22-7-6-16-15-12-19(28)18-13-20(29)21(30)14-26(18,4)17(15)8-11-25(16,22)3/h12,16-18,20-23,29-33H,6-11,13-14H2,1-5H3/t16-,17-,18-,20+,21-,22-,23+,25-,26+,27+/m0/s1. The molecule has 0 radical (unpaired) electrons. The van der Waals surface area contributed by atoms with Crippen LogP contribution >= 0.6 is 0 Å². The van der Waals surface area contributed by atoms with Gasteiger partial charge in [-0.25, -0.2) is 0 Å². The second kappa shape index (κ2) is 8.12. The molecule has 0 unspecified atom stereocenters. The predicted octanol–water partition coefficient (Wildman–Crippen LogP) is 2.74. The number of aliphatic hydroxyl groups is 5. The third-order valence-corrected chi connectivity index (χ3v) is 10.3. The van der Waals surface area contributed by atoms with Gasteiger partial charge >= 0.3 is 0 Å². The van der Waals surface area contributed by atoms with E-state index in [9.17, 15) is 30.3 Å². The van der Waals surface area contributed by atoms with Gasteiger partial charge in [0.2, 0.25) is 0 Å². The van der Waals surface area contributed by atoms with Crippen molar-refractivity contribution >= 4 is 5.78 Å². The molecule has 0 spiro atoms. The Bertz CT molecular complexity index is 812. The molecule has 0 heterocycles. The maximum atomic E-state index is 13.2. The number of hydrogen-bond donors (Lipinski definition) is 5. The van der Waals surface area contributed by atoms with Gasteiger partial charge in [0, 0.05) is 5.92 Å². The lowest BCUT2D eigenvalue weighted by molar-refractivity contribution is -0.151. The van der Waals surface area contributed by atoms with Gasteiger partial charge in [-0.05, 0) is 107 Å². The van der Waals surface area contributed by atoms with Crippen molar-refractivity contribution in [3.63, 3.8) is 0 Å². The largest absolute Gasteiger partial charge is 0.390 e. The summed E-state index contributed by atoms with van der Waals surface area (Å²) < 4.78 is 0. The molecule has 0 amide bonds. The minimum atomic E-state index is -1.28. The third-order valence-electron chi connectivity index (χ3n) is 10.3. The molecule has 10 atom stereocenters. The zero-order chi connectivity index (χ0) is 24.6. The van der Waals surface area contributed by atoms with Crippen molar-refractivity contribution in [2.45, 2.75) is 115 Å². The lowest BCUT2D eigenvalue weighted by Crippen LogP contribution is -2.57. The Morgan fingerprint density at radius 2 is 1.64 bits per heavy atom. The van der Waals surface area contributed by atoms with Crippen LogP contribution in [0.25, 0.3) is 0 Å². The molecule has 0 aromatic rings. The number of aliphatic hydroxyl groups excluding tert-OH is 3. The summed E-state index contributed by atoms with van der Waals surface area (Å²) in [6.07, 6.45) is 4.21. The summed E-state index contributed by atoms with van der Waals surface area (Å²) in [5, 5.41) is 53.3. The maximum Gasteiger partial charge on any atom is 0.159 e. The molecule has 3 fully saturated rings. The Labute approximate surface area is 198 Å². The van der Waals surface area contributed by atoms with Crippen LogP contribution in [0, 0.1) is 34.5 Å². The first kappa shape index (κ1) is 25.3. The van der Waals surface area contributed by atoms with Gasteiger partial charge in [-0.1, -0.05) is 19.4 Å². The Kier molecular flexibility index (Phi) is 6.23. The lowest BCUT2D eigenvalue weighted by atomic mass is 9.47. The summed E-state index contributed by atoms with van der Waals surface area (Å²) in [7, 11) is 0. The van der Waals surface area contributed by atoms with Gasteiger partial charge in [0.1, 0.15) is 0 Å². The number of hydrogen-bond acceptors (Lipinski definition) is 6. The number of carbonyl (C=O) groups excluding carboxylic acids is 1. The zero-order valence-corrected chi connectivity index (χ0v) is 20.9. The SMILES string of the molecule is CC(C)(O)CC[C@@H](O)[C@](C)(O)[C@H]1CC[C@H]2C3=CC(=O)[C@@H]4C[C@@H](O)[C@@H](O)C[C@]4(C)[C@H]3CC[C@]12C. The molecule has 6 heteroatoms. The van der Waals surface area contributed by atoms with E-state index in [1.54, 1.807) is 20.8 Å².